The minimum absolute atomic E-state index is 0.537. The molecule has 1 aromatic carbocycles. The number of unbranched alkanes of at least 4 members (excludes halogenated alkanes) is 1. The van der Waals surface area contributed by atoms with Crippen LogP contribution in [0.5, 0.6) is 0 Å². The summed E-state index contributed by atoms with van der Waals surface area (Å²) in [5.74, 6) is 2.38. The molecule has 1 saturated heterocycles. The van der Waals surface area contributed by atoms with Crippen LogP contribution in [0.2, 0.25) is 0 Å². The second-order valence-electron chi connectivity index (χ2n) is 9.45. The summed E-state index contributed by atoms with van der Waals surface area (Å²) in [6, 6.07) is 9.61. The van der Waals surface area contributed by atoms with E-state index in [1.54, 1.807) is 12.5 Å². The fourth-order valence-corrected chi connectivity index (χ4v) is 5.10. The molecule has 0 unspecified atom stereocenters. The van der Waals surface area contributed by atoms with E-state index in [0.29, 0.717) is 0 Å². The van der Waals surface area contributed by atoms with Crippen LogP contribution in [-0.4, -0.2) is 53.1 Å². The maximum Gasteiger partial charge on any atom is 0.317 e. The number of carbonyl (C=O) groups is 1. The molecular weight excluding hydrogens is 454 g/mol. The van der Waals surface area contributed by atoms with Crippen LogP contribution >= 0.6 is 0 Å². The third-order valence-electron chi connectivity index (χ3n) is 6.96. The normalized spacial score (nSPS) is 18.6. The van der Waals surface area contributed by atoms with E-state index in [-0.39, 0.29) is 0 Å². The summed E-state index contributed by atoms with van der Waals surface area (Å²) in [7, 11) is 0. The molecule has 3 heterocycles. The first-order valence-electron chi connectivity index (χ1n) is 12.9. The Morgan fingerprint density at radius 3 is 2.81 bits per heavy atom. The molecule has 0 atom stereocenters. The Kier molecular flexibility index (Phi) is 7.61. The molecule has 36 heavy (non-hydrogen) atoms. The maximum atomic E-state index is 11.5. The summed E-state index contributed by atoms with van der Waals surface area (Å²) in [4.78, 5) is 16.3. The summed E-state index contributed by atoms with van der Waals surface area (Å²) < 4.78 is 14.0. The highest BCUT2D eigenvalue weighted by Gasteiger charge is 2.22. The molecule has 1 fully saturated rings. The number of ether oxygens (including phenoxy) is 2. The number of para-hydroxylation sites is 1. The predicted molar refractivity (Wildman–Crippen MR) is 142 cm³/mol. The number of nitrogens with zero attached hydrogens (tertiary/aromatic N) is 3. The average molecular weight is 490 g/mol. The van der Waals surface area contributed by atoms with Gasteiger partial charge >= 0.3 is 6.03 Å². The van der Waals surface area contributed by atoms with Crippen molar-refractivity contribution < 1.29 is 14.3 Å². The first kappa shape index (κ1) is 24.1. The van der Waals surface area contributed by atoms with Crippen LogP contribution in [0.4, 0.5) is 10.6 Å². The van der Waals surface area contributed by atoms with Gasteiger partial charge in [0.15, 0.2) is 12.0 Å². The molecular formula is C28H35N5O3. The summed E-state index contributed by atoms with van der Waals surface area (Å²) in [5, 5.41) is 3.87. The molecule has 2 aliphatic heterocycles. The second kappa shape index (κ2) is 11.4. The van der Waals surface area contributed by atoms with Crippen molar-refractivity contribution in [3.8, 4) is 0 Å². The van der Waals surface area contributed by atoms with Crippen molar-refractivity contribution in [2.24, 2.45) is 5.73 Å². The molecule has 3 N–H and O–H groups in total. The molecule has 8 heteroatoms. The van der Waals surface area contributed by atoms with Gasteiger partial charge in [-0.3, -0.25) is 5.32 Å². The van der Waals surface area contributed by atoms with Gasteiger partial charge in [-0.05, 0) is 62.9 Å². The van der Waals surface area contributed by atoms with Crippen LogP contribution in [-0.2, 0) is 16.0 Å². The van der Waals surface area contributed by atoms with Crippen molar-refractivity contribution in [1.82, 2.24) is 14.4 Å². The predicted octanol–water partition coefficient (Wildman–Crippen LogP) is 4.88. The third kappa shape index (κ3) is 5.76. The van der Waals surface area contributed by atoms with Crippen LogP contribution in [0.25, 0.3) is 10.9 Å². The van der Waals surface area contributed by atoms with E-state index in [1.807, 2.05) is 18.2 Å². The van der Waals surface area contributed by atoms with Gasteiger partial charge in [-0.2, -0.15) is 0 Å². The SMILES string of the molecule is NC(=O)Nc1cc2ccccc2n1CCCCN1CCCN(C2=COC=C(C3=CC=CCC3)O2)CC1. The van der Waals surface area contributed by atoms with Crippen molar-refractivity contribution in [3.05, 3.63) is 78.3 Å². The number of aryl methyl sites for hydroxylation is 1. The van der Waals surface area contributed by atoms with Gasteiger partial charge in [-0.1, -0.05) is 36.4 Å². The lowest BCUT2D eigenvalue weighted by molar-refractivity contribution is 0.127. The van der Waals surface area contributed by atoms with Crippen LogP contribution in [0.3, 0.4) is 0 Å². The molecule has 1 aliphatic carbocycles. The van der Waals surface area contributed by atoms with Crippen LogP contribution in [0.1, 0.15) is 32.1 Å². The smallest absolute Gasteiger partial charge is 0.317 e. The first-order valence-corrected chi connectivity index (χ1v) is 12.9. The number of primary amides is 1. The van der Waals surface area contributed by atoms with Gasteiger partial charge in [0.25, 0.3) is 0 Å². The number of amides is 2. The molecule has 3 aliphatic rings. The van der Waals surface area contributed by atoms with Crippen molar-refractivity contribution in [2.45, 2.75) is 38.6 Å². The average Bonchev–Trinajstić information content (AvgIpc) is 3.07. The maximum absolute atomic E-state index is 11.5. The molecule has 8 nitrogen and oxygen atoms in total. The van der Waals surface area contributed by atoms with Crippen molar-refractivity contribution in [1.29, 1.82) is 0 Å². The number of nitrogens with two attached hydrogens (primary N) is 1. The number of carbonyl (C=O) groups excluding carboxylic acids is 1. The number of allylic oxidation sites excluding steroid dienone is 4. The Labute approximate surface area is 212 Å². The number of rotatable bonds is 8. The minimum Gasteiger partial charge on any atom is -0.463 e. The molecule has 190 valence electrons. The summed E-state index contributed by atoms with van der Waals surface area (Å²) in [6.45, 7) is 5.82. The zero-order valence-corrected chi connectivity index (χ0v) is 20.7. The molecule has 1 aromatic heterocycles. The number of urea groups is 1. The number of fused-ring (bicyclic) bond motifs is 1. The molecule has 0 bridgehead atoms. The Morgan fingerprint density at radius 2 is 1.94 bits per heavy atom. The van der Waals surface area contributed by atoms with E-state index >= 15 is 0 Å². The molecule has 0 saturated carbocycles. The quantitative estimate of drug-likeness (QED) is 0.516. The second-order valence-corrected chi connectivity index (χ2v) is 9.45. The van der Waals surface area contributed by atoms with Gasteiger partial charge < -0.3 is 29.6 Å². The van der Waals surface area contributed by atoms with Crippen LogP contribution in [0.15, 0.2) is 78.3 Å². The zero-order chi connectivity index (χ0) is 24.7. The van der Waals surface area contributed by atoms with Gasteiger partial charge in [0.1, 0.15) is 12.1 Å². The third-order valence-corrected chi connectivity index (χ3v) is 6.96. The Balaban J connectivity index is 1.10. The number of nitrogens with one attached hydrogen (secondary N) is 1. The Hall–Kier alpha value is -3.65. The topological polar surface area (TPSA) is 85.0 Å². The van der Waals surface area contributed by atoms with Crippen molar-refractivity contribution >= 4 is 22.8 Å². The van der Waals surface area contributed by atoms with Gasteiger partial charge in [-0.15, -0.1) is 0 Å². The van der Waals surface area contributed by atoms with E-state index in [4.69, 9.17) is 15.2 Å². The van der Waals surface area contributed by atoms with E-state index in [0.717, 1.165) is 99.7 Å². The summed E-state index contributed by atoms with van der Waals surface area (Å²) in [5.41, 5.74) is 7.69. The van der Waals surface area contributed by atoms with Crippen LogP contribution in [0, 0.1) is 0 Å². The number of aromatic nitrogens is 1. The van der Waals surface area contributed by atoms with Gasteiger partial charge in [0, 0.05) is 37.1 Å². The van der Waals surface area contributed by atoms with Gasteiger partial charge in [0.05, 0.1) is 0 Å². The van der Waals surface area contributed by atoms with Crippen molar-refractivity contribution in [2.75, 3.05) is 38.0 Å². The molecule has 0 spiro atoms. The standard InChI is InChI=1S/C28H35N5O3/c29-28(34)30-26-19-23-11-4-5-12-24(23)33(26)16-7-6-13-31-14-8-15-32(18-17-31)27-21-35-20-25(36-27)22-9-2-1-3-10-22/h1-2,4-5,9,11-12,19-21H,3,6-8,10,13-18H2,(H3,29,30,34). The van der Waals surface area contributed by atoms with Crippen molar-refractivity contribution in [3.63, 3.8) is 0 Å². The lowest BCUT2D eigenvalue weighted by Crippen LogP contribution is -2.32. The largest absolute Gasteiger partial charge is 0.463 e. The molecule has 5 rings (SSSR count). The lowest BCUT2D eigenvalue weighted by atomic mass is 10.0. The molecule has 0 radical (unpaired) electrons. The highest BCUT2D eigenvalue weighted by molar-refractivity contribution is 5.92. The molecule has 2 aromatic rings. The highest BCUT2D eigenvalue weighted by Crippen LogP contribution is 2.28. The number of anilines is 1. The van der Waals surface area contributed by atoms with Gasteiger partial charge in [-0.25, -0.2) is 4.79 Å². The minimum atomic E-state index is -0.537. The summed E-state index contributed by atoms with van der Waals surface area (Å²) in [6.07, 6.45) is 15.0. The fourth-order valence-electron chi connectivity index (χ4n) is 5.10. The highest BCUT2D eigenvalue weighted by atomic mass is 16.6. The monoisotopic (exact) mass is 489 g/mol. The zero-order valence-electron chi connectivity index (χ0n) is 20.7. The summed E-state index contributed by atoms with van der Waals surface area (Å²) >= 11 is 0. The fraction of sp³-hybridized carbons (Fsp3) is 0.393. The van der Waals surface area contributed by atoms with Gasteiger partial charge in [0.2, 0.25) is 5.88 Å². The van der Waals surface area contributed by atoms with E-state index in [2.05, 4.69) is 50.0 Å². The number of hydrogen-bond donors (Lipinski definition) is 2. The number of hydrogen-bond acceptors (Lipinski definition) is 5. The first-order chi connectivity index (χ1) is 17.7. The molecule has 2 amide bonds. The van der Waals surface area contributed by atoms with E-state index < -0.39 is 6.03 Å². The van der Waals surface area contributed by atoms with E-state index in [9.17, 15) is 4.79 Å². The Bertz CT molecular complexity index is 1210. The Morgan fingerprint density at radius 1 is 1.06 bits per heavy atom. The number of benzene rings is 1. The lowest BCUT2D eigenvalue weighted by Gasteiger charge is -2.28. The van der Waals surface area contributed by atoms with E-state index in [1.165, 1.54) is 5.57 Å². The van der Waals surface area contributed by atoms with Crippen LogP contribution < -0.4 is 11.1 Å².